The number of rotatable bonds is 3. The van der Waals surface area contributed by atoms with E-state index in [1.54, 1.807) is 0 Å². The molecule has 0 aliphatic heterocycles. The molecule has 0 aliphatic carbocycles. The largest absolute Gasteiger partial charge is 0.419 e. The monoisotopic (exact) mass is 207 g/mol. The maximum absolute atomic E-state index is 12.1. The van der Waals surface area contributed by atoms with Crippen LogP contribution in [0.25, 0.3) is 0 Å². The van der Waals surface area contributed by atoms with Crippen molar-refractivity contribution in [2.75, 3.05) is 0 Å². The highest BCUT2D eigenvalue weighted by Gasteiger charge is 2.32. The Balaban J connectivity index is 2.64. The van der Waals surface area contributed by atoms with Crippen molar-refractivity contribution >= 4 is 5.91 Å². The van der Waals surface area contributed by atoms with Crippen molar-refractivity contribution in [1.82, 2.24) is 9.78 Å². The van der Waals surface area contributed by atoms with Gasteiger partial charge in [-0.25, -0.2) is 0 Å². The first-order valence-corrected chi connectivity index (χ1v) is 3.77. The van der Waals surface area contributed by atoms with E-state index in [0.29, 0.717) is 6.20 Å². The number of amides is 1. The smallest absolute Gasteiger partial charge is 0.370 e. The van der Waals surface area contributed by atoms with Crippen LogP contribution in [0.5, 0.6) is 0 Å². The predicted octanol–water partition coefficient (Wildman–Crippen LogP) is 0.777. The summed E-state index contributed by atoms with van der Waals surface area (Å²) >= 11 is 0. The zero-order valence-corrected chi connectivity index (χ0v) is 7.08. The molecule has 0 atom stereocenters. The molecule has 2 N–H and O–H groups in total. The standard InChI is InChI=1S/C7H8F3N3O/c8-7(9,10)5-3-12-13(4-5)2-1-6(11)14/h3-4H,1-2H2,(H2,11,14). The van der Waals surface area contributed by atoms with Crippen molar-refractivity contribution in [2.24, 2.45) is 5.73 Å². The van der Waals surface area contributed by atoms with Gasteiger partial charge >= 0.3 is 6.18 Å². The van der Waals surface area contributed by atoms with E-state index in [2.05, 4.69) is 5.10 Å². The molecule has 4 nitrogen and oxygen atoms in total. The first kappa shape index (κ1) is 10.6. The average Bonchev–Trinajstić information content (AvgIpc) is 2.47. The molecule has 0 radical (unpaired) electrons. The van der Waals surface area contributed by atoms with Gasteiger partial charge < -0.3 is 5.73 Å². The Morgan fingerprint density at radius 1 is 1.57 bits per heavy atom. The fraction of sp³-hybridized carbons (Fsp3) is 0.429. The van der Waals surface area contributed by atoms with E-state index in [1.807, 2.05) is 0 Å². The highest BCUT2D eigenvalue weighted by atomic mass is 19.4. The van der Waals surface area contributed by atoms with Crippen molar-refractivity contribution in [3.63, 3.8) is 0 Å². The Morgan fingerprint density at radius 2 is 2.21 bits per heavy atom. The van der Waals surface area contributed by atoms with Gasteiger partial charge in [0.15, 0.2) is 0 Å². The van der Waals surface area contributed by atoms with Crippen LogP contribution in [-0.2, 0) is 17.5 Å². The van der Waals surface area contributed by atoms with Crippen molar-refractivity contribution < 1.29 is 18.0 Å². The first-order chi connectivity index (χ1) is 6.39. The molecule has 0 unspecified atom stereocenters. The fourth-order valence-electron chi connectivity index (χ4n) is 0.857. The maximum atomic E-state index is 12.1. The molecule has 0 saturated carbocycles. The van der Waals surface area contributed by atoms with Gasteiger partial charge in [-0.1, -0.05) is 0 Å². The number of nitrogens with zero attached hydrogens (tertiary/aromatic N) is 2. The van der Waals surface area contributed by atoms with Gasteiger partial charge in [-0.05, 0) is 0 Å². The van der Waals surface area contributed by atoms with E-state index in [1.165, 1.54) is 0 Å². The van der Waals surface area contributed by atoms with Crippen LogP contribution in [0.3, 0.4) is 0 Å². The normalized spacial score (nSPS) is 11.6. The minimum atomic E-state index is -4.40. The van der Waals surface area contributed by atoms with Crippen LogP contribution >= 0.6 is 0 Å². The molecule has 1 aromatic rings. The maximum Gasteiger partial charge on any atom is 0.419 e. The summed E-state index contributed by atoms with van der Waals surface area (Å²) in [4.78, 5) is 10.3. The summed E-state index contributed by atoms with van der Waals surface area (Å²) in [5, 5.41) is 3.44. The Kier molecular flexibility index (Phi) is 2.78. The third kappa shape index (κ3) is 2.75. The van der Waals surface area contributed by atoms with Crippen LogP contribution in [0.2, 0.25) is 0 Å². The van der Waals surface area contributed by atoms with Crippen molar-refractivity contribution in [2.45, 2.75) is 19.1 Å². The van der Waals surface area contributed by atoms with Gasteiger partial charge in [-0.2, -0.15) is 18.3 Å². The lowest BCUT2D eigenvalue weighted by molar-refractivity contribution is -0.137. The van der Waals surface area contributed by atoms with Crippen LogP contribution < -0.4 is 5.73 Å². The second-order valence-corrected chi connectivity index (χ2v) is 2.71. The molecule has 1 heterocycles. The van der Waals surface area contributed by atoms with Crippen molar-refractivity contribution in [3.8, 4) is 0 Å². The number of halogens is 3. The van der Waals surface area contributed by atoms with Gasteiger partial charge in [0, 0.05) is 19.2 Å². The van der Waals surface area contributed by atoms with E-state index < -0.39 is 17.6 Å². The molecule has 0 fully saturated rings. The lowest BCUT2D eigenvalue weighted by atomic mass is 10.3. The lowest BCUT2D eigenvalue weighted by Gasteiger charge is -2.00. The molecule has 0 aliphatic rings. The van der Waals surface area contributed by atoms with Crippen LogP contribution in [-0.4, -0.2) is 15.7 Å². The van der Waals surface area contributed by atoms with Gasteiger partial charge in [-0.3, -0.25) is 9.48 Å². The molecule has 14 heavy (non-hydrogen) atoms. The fourth-order valence-corrected chi connectivity index (χ4v) is 0.857. The van der Waals surface area contributed by atoms with Gasteiger partial charge in [0.1, 0.15) is 0 Å². The topological polar surface area (TPSA) is 60.9 Å². The molecule has 0 saturated heterocycles. The second-order valence-electron chi connectivity index (χ2n) is 2.71. The summed E-state index contributed by atoms with van der Waals surface area (Å²) in [5.74, 6) is -0.575. The van der Waals surface area contributed by atoms with Crippen LogP contribution in [0, 0.1) is 0 Å². The molecular weight excluding hydrogens is 199 g/mol. The number of nitrogens with two attached hydrogens (primary N) is 1. The quantitative estimate of drug-likeness (QED) is 0.795. The van der Waals surface area contributed by atoms with Gasteiger partial charge in [0.2, 0.25) is 5.91 Å². The first-order valence-electron chi connectivity index (χ1n) is 3.77. The number of hydrogen-bond acceptors (Lipinski definition) is 2. The molecule has 1 amide bonds. The van der Waals surface area contributed by atoms with Gasteiger partial charge in [-0.15, -0.1) is 0 Å². The molecule has 1 rings (SSSR count). The Morgan fingerprint density at radius 3 is 2.64 bits per heavy atom. The number of aryl methyl sites for hydroxylation is 1. The summed E-state index contributed by atoms with van der Waals surface area (Å²) in [6, 6.07) is 0. The number of carbonyl (C=O) groups excluding carboxylic acids is 1. The second kappa shape index (κ2) is 3.69. The Bertz CT molecular complexity index is 331. The highest BCUT2D eigenvalue weighted by molar-refractivity contribution is 5.73. The minimum absolute atomic E-state index is 0.0288. The molecule has 78 valence electrons. The summed E-state index contributed by atoms with van der Waals surface area (Å²) in [6.07, 6.45) is -2.88. The lowest BCUT2D eigenvalue weighted by Crippen LogP contribution is -2.14. The molecule has 1 aromatic heterocycles. The van der Waals surface area contributed by atoms with Crippen LogP contribution in [0.4, 0.5) is 13.2 Å². The SMILES string of the molecule is NC(=O)CCn1cc(C(F)(F)F)cn1. The minimum Gasteiger partial charge on any atom is -0.370 e. The summed E-state index contributed by atoms with van der Waals surface area (Å²) in [6.45, 7) is 0.0609. The number of primary amides is 1. The number of hydrogen-bond donors (Lipinski definition) is 1. The van der Waals surface area contributed by atoms with Crippen LogP contribution in [0.1, 0.15) is 12.0 Å². The zero-order valence-electron chi connectivity index (χ0n) is 7.08. The summed E-state index contributed by atoms with van der Waals surface area (Å²) in [7, 11) is 0. The number of aromatic nitrogens is 2. The third-order valence-corrected chi connectivity index (χ3v) is 1.55. The Hall–Kier alpha value is -1.53. The molecular formula is C7H8F3N3O. The van der Waals surface area contributed by atoms with E-state index >= 15 is 0 Å². The Labute approximate surface area is 77.5 Å². The third-order valence-electron chi connectivity index (χ3n) is 1.55. The van der Waals surface area contributed by atoms with E-state index in [9.17, 15) is 18.0 Å². The predicted molar refractivity (Wildman–Crippen MR) is 41.0 cm³/mol. The van der Waals surface area contributed by atoms with E-state index in [0.717, 1.165) is 10.9 Å². The van der Waals surface area contributed by atoms with E-state index in [4.69, 9.17) is 5.73 Å². The summed E-state index contributed by atoms with van der Waals surface area (Å²) < 4.78 is 37.2. The van der Waals surface area contributed by atoms with Gasteiger partial charge in [0.25, 0.3) is 0 Å². The van der Waals surface area contributed by atoms with Gasteiger partial charge in [0.05, 0.1) is 11.8 Å². The van der Waals surface area contributed by atoms with E-state index in [-0.39, 0.29) is 13.0 Å². The number of carbonyl (C=O) groups is 1. The zero-order chi connectivity index (χ0) is 10.8. The van der Waals surface area contributed by atoms with Crippen LogP contribution in [0.15, 0.2) is 12.4 Å². The summed E-state index contributed by atoms with van der Waals surface area (Å²) in [5.41, 5.74) is 4.00. The molecule has 7 heteroatoms. The molecule has 0 aromatic carbocycles. The van der Waals surface area contributed by atoms with Crippen molar-refractivity contribution in [1.29, 1.82) is 0 Å². The average molecular weight is 207 g/mol. The molecule has 0 spiro atoms. The molecule has 0 bridgehead atoms. The highest BCUT2D eigenvalue weighted by Crippen LogP contribution is 2.28. The van der Waals surface area contributed by atoms with Crippen molar-refractivity contribution in [3.05, 3.63) is 18.0 Å². The number of alkyl halides is 3.